The number of hydrogen-bond donors (Lipinski definition) is 1. The van der Waals surface area contributed by atoms with Crippen LogP contribution in [0.3, 0.4) is 0 Å². The van der Waals surface area contributed by atoms with E-state index in [-0.39, 0.29) is 10.6 Å². The highest BCUT2D eigenvalue weighted by molar-refractivity contribution is 5.67. The number of nitrogens with one attached hydrogen (secondary N) is 1. The van der Waals surface area contributed by atoms with Gasteiger partial charge in [-0.2, -0.15) is 0 Å². The van der Waals surface area contributed by atoms with Gasteiger partial charge in [-0.3, -0.25) is 10.1 Å². The molecule has 0 aromatic heterocycles. The summed E-state index contributed by atoms with van der Waals surface area (Å²) >= 11 is 0. The molecule has 104 valence electrons. The summed E-state index contributed by atoms with van der Waals surface area (Å²) in [6, 6.07) is 5.95. The van der Waals surface area contributed by atoms with Crippen LogP contribution in [0.5, 0.6) is 0 Å². The molecule has 0 aliphatic carbocycles. The lowest BCUT2D eigenvalue weighted by Gasteiger charge is -2.30. The maximum absolute atomic E-state index is 11.3. The number of nitrogens with zero attached hydrogens (tertiary/aromatic N) is 2. The molecular formula is C14H21N3O2. The molecule has 1 saturated heterocycles. The first-order chi connectivity index (χ1) is 9.15. The van der Waals surface area contributed by atoms with Gasteiger partial charge in [0, 0.05) is 24.7 Å². The lowest BCUT2D eigenvalue weighted by Crippen LogP contribution is -2.38. The van der Waals surface area contributed by atoms with Crippen LogP contribution in [-0.2, 0) is 0 Å². The monoisotopic (exact) mass is 263 g/mol. The van der Waals surface area contributed by atoms with Crippen molar-refractivity contribution < 1.29 is 4.92 Å². The van der Waals surface area contributed by atoms with Crippen LogP contribution in [0.2, 0.25) is 0 Å². The molecule has 1 fully saturated rings. The average Bonchev–Trinajstić information content (AvgIpc) is 2.88. The van der Waals surface area contributed by atoms with E-state index in [1.54, 1.807) is 13.0 Å². The third kappa shape index (κ3) is 2.87. The van der Waals surface area contributed by atoms with Crippen molar-refractivity contribution in [3.05, 3.63) is 33.9 Å². The number of nitro groups is 1. The van der Waals surface area contributed by atoms with Crippen molar-refractivity contribution in [1.82, 2.24) is 5.32 Å². The summed E-state index contributed by atoms with van der Waals surface area (Å²) in [5.41, 5.74) is 1.75. The van der Waals surface area contributed by atoms with Crippen molar-refractivity contribution in [3.63, 3.8) is 0 Å². The molecule has 0 spiro atoms. The second kappa shape index (κ2) is 6.02. The van der Waals surface area contributed by atoms with Crippen LogP contribution in [-0.4, -0.2) is 30.6 Å². The van der Waals surface area contributed by atoms with Crippen molar-refractivity contribution in [3.8, 4) is 0 Å². The van der Waals surface area contributed by atoms with Crippen LogP contribution in [0.1, 0.15) is 25.3 Å². The van der Waals surface area contributed by atoms with Crippen LogP contribution < -0.4 is 10.2 Å². The molecule has 1 heterocycles. The molecule has 1 aliphatic heterocycles. The molecule has 1 aliphatic rings. The number of benzene rings is 1. The van der Waals surface area contributed by atoms with Crippen LogP contribution >= 0.6 is 0 Å². The van der Waals surface area contributed by atoms with E-state index in [1.165, 1.54) is 0 Å². The van der Waals surface area contributed by atoms with Crippen molar-refractivity contribution >= 4 is 11.4 Å². The Balaban J connectivity index is 2.40. The second-order valence-electron chi connectivity index (χ2n) is 5.04. The fraction of sp³-hybridized carbons (Fsp3) is 0.571. The summed E-state index contributed by atoms with van der Waals surface area (Å²) in [6.07, 6.45) is 2.03. The quantitative estimate of drug-likeness (QED) is 0.655. The van der Waals surface area contributed by atoms with Gasteiger partial charge in [0.15, 0.2) is 0 Å². The second-order valence-corrected chi connectivity index (χ2v) is 5.04. The molecule has 1 aromatic carbocycles. The molecule has 2 rings (SSSR count). The van der Waals surface area contributed by atoms with Crippen LogP contribution in [0, 0.1) is 17.0 Å². The molecule has 1 atom stereocenters. The molecule has 0 amide bonds. The Bertz CT molecular complexity index is 456. The molecule has 0 radical (unpaired) electrons. The minimum Gasteiger partial charge on any atom is -0.362 e. The maximum atomic E-state index is 11.3. The van der Waals surface area contributed by atoms with Gasteiger partial charge < -0.3 is 10.2 Å². The van der Waals surface area contributed by atoms with Crippen LogP contribution in [0.15, 0.2) is 18.2 Å². The Morgan fingerprint density at radius 2 is 2.32 bits per heavy atom. The SMILES string of the molecule is CCCN(c1cccc(C)c1[N+](=O)[O-])C1CCNC1. The summed E-state index contributed by atoms with van der Waals surface area (Å²) in [5.74, 6) is 0. The molecule has 0 saturated carbocycles. The topological polar surface area (TPSA) is 58.4 Å². The summed E-state index contributed by atoms with van der Waals surface area (Å²) < 4.78 is 0. The van der Waals surface area contributed by atoms with E-state index in [9.17, 15) is 10.1 Å². The van der Waals surface area contributed by atoms with Gasteiger partial charge in [-0.1, -0.05) is 19.1 Å². The smallest absolute Gasteiger partial charge is 0.295 e. The normalized spacial score (nSPS) is 18.5. The van der Waals surface area contributed by atoms with Gasteiger partial charge >= 0.3 is 0 Å². The Hall–Kier alpha value is -1.62. The zero-order chi connectivity index (χ0) is 13.8. The van der Waals surface area contributed by atoms with E-state index < -0.39 is 0 Å². The van der Waals surface area contributed by atoms with Gasteiger partial charge in [-0.05, 0) is 32.4 Å². The van der Waals surface area contributed by atoms with Gasteiger partial charge in [0.25, 0.3) is 5.69 Å². The number of para-hydroxylation sites is 1. The number of aryl methyl sites for hydroxylation is 1. The standard InChI is InChI=1S/C14H21N3O2/c1-3-9-16(12-7-8-15-10-12)13-6-4-5-11(2)14(13)17(18)19/h4-6,12,15H,3,7-10H2,1-2H3. The molecule has 1 aromatic rings. The Labute approximate surface area is 113 Å². The van der Waals surface area contributed by atoms with Crippen LogP contribution in [0.4, 0.5) is 11.4 Å². The van der Waals surface area contributed by atoms with E-state index in [4.69, 9.17) is 0 Å². The van der Waals surface area contributed by atoms with E-state index in [0.717, 1.165) is 43.7 Å². The first-order valence-corrected chi connectivity index (χ1v) is 6.86. The maximum Gasteiger partial charge on any atom is 0.295 e. The third-order valence-corrected chi connectivity index (χ3v) is 3.65. The van der Waals surface area contributed by atoms with E-state index in [2.05, 4.69) is 17.1 Å². The zero-order valence-corrected chi connectivity index (χ0v) is 11.6. The Kier molecular flexibility index (Phi) is 4.37. The number of nitro benzene ring substituents is 1. The molecule has 19 heavy (non-hydrogen) atoms. The molecule has 1 unspecified atom stereocenters. The van der Waals surface area contributed by atoms with E-state index >= 15 is 0 Å². The lowest BCUT2D eigenvalue weighted by atomic mass is 10.1. The van der Waals surface area contributed by atoms with Gasteiger partial charge in [0.2, 0.25) is 0 Å². The van der Waals surface area contributed by atoms with Crippen molar-refractivity contribution in [1.29, 1.82) is 0 Å². The largest absolute Gasteiger partial charge is 0.362 e. The molecule has 5 heteroatoms. The van der Waals surface area contributed by atoms with Crippen molar-refractivity contribution in [2.24, 2.45) is 0 Å². The third-order valence-electron chi connectivity index (χ3n) is 3.65. The number of anilines is 1. The predicted octanol–water partition coefficient (Wildman–Crippen LogP) is 2.48. The van der Waals surface area contributed by atoms with Gasteiger partial charge in [-0.15, -0.1) is 0 Å². The first-order valence-electron chi connectivity index (χ1n) is 6.86. The molecule has 5 nitrogen and oxygen atoms in total. The molecular weight excluding hydrogens is 242 g/mol. The summed E-state index contributed by atoms with van der Waals surface area (Å²) in [5, 5.41) is 14.7. The van der Waals surface area contributed by atoms with Gasteiger partial charge in [0.05, 0.1) is 4.92 Å². The Morgan fingerprint density at radius 3 is 2.89 bits per heavy atom. The minimum absolute atomic E-state index is 0.253. The van der Waals surface area contributed by atoms with Gasteiger partial charge in [-0.25, -0.2) is 0 Å². The highest BCUT2D eigenvalue weighted by Crippen LogP contribution is 2.33. The van der Waals surface area contributed by atoms with Crippen molar-refractivity contribution in [2.75, 3.05) is 24.5 Å². The average molecular weight is 263 g/mol. The minimum atomic E-state index is -0.254. The fourth-order valence-electron chi connectivity index (χ4n) is 2.76. The van der Waals surface area contributed by atoms with E-state index in [0.29, 0.717) is 6.04 Å². The predicted molar refractivity (Wildman–Crippen MR) is 76.7 cm³/mol. The number of hydrogen-bond acceptors (Lipinski definition) is 4. The summed E-state index contributed by atoms with van der Waals surface area (Å²) in [7, 11) is 0. The van der Waals surface area contributed by atoms with Gasteiger partial charge in [0.1, 0.15) is 5.69 Å². The lowest BCUT2D eigenvalue weighted by molar-refractivity contribution is -0.384. The molecule has 1 N–H and O–H groups in total. The Morgan fingerprint density at radius 1 is 1.53 bits per heavy atom. The highest BCUT2D eigenvalue weighted by Gasteiger charge is 2.28. The highest BCUT2D eigenvalue weighted by atomic mass is 16.6. The van der Waals surface area contributed by atoms with E-state index in [1.807, 2.05) is 12.1 Å². The zero-order valence-electron chi connectivity index (χ0n) is 11.6. The first kappa shape index (κ1) is 13.8. The molecule has 0 bridgehead atoms. The summed E-state index contributed by atoms with van der Waals surface area (Å²) in [4.78, 5) is 13.3. The van der Waals surface area contributed by atoms with Crippen molar-refractivity contribution in [2.45, 2.75) is 32.7 Å². The number of rotatable bonds is 5. The van der Waals surface area contributed by atoms with Crippen LogP contribution in [0.25, 0.3) is 0 Å². The summed E-state index contributed by atoms with van der Waals surface area (Å²) in [6.45, 7) is 6.67. The fourth-order valence-corrected chi connectivity index (χ4v) is 2.76.